The molecule has 2 aliphatic rings. The molecule has 136 valence electrons. The van der Waals surface area contributed by atoms with Gasteiger partial charge in [-0.05, 0) is 63.0 Å². The summed E-state index contributed by atoms with van der Waals surface area (Å²) in [5.41, 5.74) is 0.513. The Morgan fingerprint density at radius 2 is 1.80 bits per heavy atom. The van der Waals surface area contributed by atoms with E-state index >= 15 is 0 Å². The Hall–Kier alpha value is -1.66. The number of carbonyl (C=O) groups is 1. The van der Waals surface area contributed by atoms with Crippen molar-refractivity contribution < 1.29 is 13.2 Å². The Kier molecular flexibility index (Phi) is 5.59. The van der Waals surface area contributed by atoms with E-state index in [9.17, 15) is 13.2 Å². The van der Waals surface area contributed by atoms with Crippen molar-refractivity contribution in [2.75, 3.05) is 32.4 Å². The van der Waals surface area contributed by atoms with Gasteiger partial charge in [0.2, 0.25) is 0 Å². The van der Waals surface area contributed by atoms with Gasteiger partial charge in [-0.2, -0.15) is 0 Å². The number of rotatable bonds is 6. The molecule has 2 saturated heterocycles. The molecule has 1 aromatic rings. The number of carbonyl (C=O) groups excluding carboxylic acids is 1. The quantitative estimate of drug-likeness (QED) is 0.574. The highest BCUT2D eigenvalue weighted by atomic mass is 32.2. The summed E-state index contributed by atoms with van der Waals surface area (Å²) in [5, 5.41) is 0. The van der Waals surface area contributed by atoms with E-state index < -0.39 is 9.84 Å². The fraction of sp³-hybridized carbons (Fsp3) is 0.526. The largest absolute Gasteiger partial charge is 0.373 e. The second kappa shape index (κ2) is 7.70. The smallest absolute Gasteiger partial charge is 0.187 e. The third-order valence-electron chi connectivity index (χ3n) is 5.07. The first-order valence-electron chi connectivity index (χ1n) is 8.94. The Bertz CT molecular complexity index is 734. The van der Waals surface area contributed by atoms with Gasteiger partial charge in [-0.25, -0.2) is 8.42 Å². The summed E-state index contributed by atoms with van der Waals surface area (Å²) in [6.07, 6.45) is 9.63. The van der Waals surface area contributed by atoms with Crippen molar-refractivity contribution in [3.05, 3.63) is 42.1 Å². The number of nitrogens with zero attached hydrogens (tertiary/aromatic N) is 2. The molecule has 0 unspecified atom stereocenters. The zero-order chi connectivity index (χ0) is 17.9. The van der Waals surface area contributed by atoms with Crippen LogP contribution in [0, 0.1) is 0 Å². The maximum Gasteiger partial charge on any atom is 0.187 e. The van der Waals surface area contributed by atoms with Crippen molar-refractivity contribution in [2.24, 2.45) is 0 Å². The average molecular weight is 362 g/mol. The first kappa shape index (κ1) is 18.1. The topological polar surface area (TPSA) is 57.7 Å². The number of benzene rings is 1. The van der Waals surface area contributed by atoms with Gasteiger partial charge < -0.3 is 9.80 Å². The third kappa shape index (κ3) is 4.70. The molecule has 3 rings (SSSR count). The molecule has 1 atom stereocenters. The highest BCUT2D eigenvalue weighted by molar-refractivity contribution is 7.90. The second-order valence-corrected chi connectivity index (χ2v) is 9.03. The van der Waals surface area contributed by atoms with Crippen LogP contribution in [0.3, 0.4) is 0 Å². The van der Waals surface area contributed by atoms with Crippen LogP contribution in [0.25, 0.3) is 0 Å². The van der Waals surface area contributed by atoms with Gasteiger partial charge in [0.25, 0.3) is 0 Å². The van der Waals surface area contributed by atoms with Gasteiger partial charge in [0, 0.05) is 43.2 Å². The van der Waals surface area contributed by atoms with Gasteiger partial charge in [-0.1, -0.05) is 0 Å². The van der Waals surface area contributed by atoms with Crippen LogP contribution in [0.5, 0.6) is 0 Å². The molecule has 2 aliphatic heterocycles. The van der Waals surface area contributed by atoms with Crippen molar-refractivity contribution in [1.29, 1.82) is 0 Å². The average Bonchev–Trinajstić information content (AvgIpc) is 3.24. The molecule has 2 heterocycles. The van der Waals surface area contributed by atoms with E-state index in [0.29, 0.717) is 11.6 Å². The molecule has 0 spiro atoms. The van der Waals surface area contributed by atoms with E-state index in [4.69, 9.17) is 0 Å². The van der Waals surface area contributed by atoms with Crippen LogP contribution in [-0.2, 0) is 9.84 Å². The summed E-state index contributed by atoms with van der Waals surface area (Å²) in [7, 11) is -3.23. The van der Waals surface area contributed by atoms with Gasteiger partial charge >= 0.3 is 0 Å². The molecule has 1 aromatic carbocycles. The monoisotopic (exact) mass is 362 g/mol. The normalized spacial score (nSPS) is 22.1. The lowest BCUT2D eigenvalue weighted by Gasteiger charge is -2.27. The van der Waals surface area contributed by atoms with E-state index in [1.807, 2.05) is 6.20 Å². The molecule has 0 bridgehead atoms. The summed E-state index contributed by atoms with van der Waals surface area (Å²) >= 11 is 0. The van der Waals surface area contributed by atoms with Gasteiger partial charge in [-0.15, -0.1) is 0 Å². The van der Waals surface area contributed by atoms with E-state index in [0.717, 1.165) is 19.3 Å². The Morgan fingerprint density at radius 1 is 1.12 bits per heavy atom. The Balaban J connectivity index is 1.61. The number of ketones is 1. The Labute approximate surface area is 150 Å². The maximum atomic E-state index is 12.3. The van der Waals surface area contributed by atoms with Gasteiger partial charge in [-0.3, -0.25) is 4.79 Å². The van der Waals surface area contributed by atoms with Crippen LogP contribution in [0.2, 0.25) is 0 Å². The van der Waals surface area contributed by atoms with Crippen LogP contribution < -0.4 is 0 Å². The molecule has 25 heavy (non-hydrogen) atoms. The zero-order valence-corrected chi connectivity index (χ0v) is 15.5. The fourth-order valence-corrected chi connectivity index (χ4v) is 4.27. The highest BCUT2D eigenvalue weighted by Crippen LogP contribution is 2.21. The van der Waals surface area contributed by atoms with E-state index in [-0.39, 0.29) is 10.7 Å². The van der Waals surface area contributed by atoms with Crippen LogP contribution in [0.15, 0.2) is 41.4 Å². The van der Waals surface area contributed by atoms with E-state index in [1.54, 1.807) is 18.2 Å². The summed E-state index contributed by atoms with van der Waals surface area (Å²) in [4.78, 5) is 17.4. The number of likely N-dealkylation sites (tertiary alicyclic amines) is 2. The molecule has 0 saturated carbocycles. The summed E-state index contributed by atoms with van der Waals surface area (Å²) in [6, 6.07) is 6.63. The molecule has 0 radical (unpaired) electrons. The highest BCUT2D eigenvalue weighted by Gasteiger charge is 2.25. The van der Waals surface area contributed by atoms with E-state index in [1.165, 1.54) is 50.9 Å². The lowest BCUT2D eigenvalue weighted by Crippen LogP contribution is -2.36. The molecular formula is C19H26N2O3S. The van der Waals surface area contributed by atoms with Gasteiger partial charge in [0.15, 0.2) is 15.6 Å². The van der Waals surface area contributed by atoms with Gasteiger partial charge in [0.1, 0.15) is 0 Å². The van der Waals surface area contributed by atoms with Crippen molar-refractivity contribution >= 4 is 15.6 Å². The summed E-state index contributed by atoms with van der Waals surface area (Å²) in [6.45, 7) is 4.47. The fourth-order valence-electron chi connectivity index (χ4n) is 3.64. The minimum atomic E-state index is -3.23. The Morgan fingerprint density at radius 3 is 2.44 bits per heavy atom. The SMILES string of the molecule is CS(=O)(=O)c1ccc(C(=O)C=CN2CCC[C@H]2CN2CCCC2)cc1. The van der Waals surface area contributed by atoms with E-state index in [2.05, 4.69) is 9.80 Å². The molecular weight excluding hydrogens is 336 g/mol. The molecule has 5 nitrogen and oxygen atoms in total. The summed E-state index contributed by atoms with van der Waals surface area (Å²) < 4.78 is 23.0. The number of sulfone groups is 1. The third-order valence-corrected chi connectivity index (χ3v) is 6.20. The molecule has 0 aliphatic carbocycles. The van der Waals surface area contributed by atoms with Crippen molar-refractivity contribution in [3.63, 3.8) is 0 Å². The molecule has 0 aromatic heterocycles. The lowest BCUT2D eigenvalue weighted by molar-refractivity contribution is 0.104. The molecule has 0 N–H and O–H groups in total. The lowest BCUT2D eigenvalue weighted by atomic mass is 10.1. The zero-order valence-electron chi connectivity index (χ0n) is 14.7. The maximum absolute atomic E-state index is 12.3. The second-order valence-electron chi connectivity index (χ2n) is 7.02. The van der Waals surface area contributed by atoms with Crippen molar-refractivity contribution in [2.45, 2.75) is 36.6 Å². The first-order chi connectivity index (χ1) is 11.9. The minimum Gasteiger partial charge on any atom is -0.373 e. The standard InChI is InChI=1S/C19H26N2O3S/c1-25(23,24)18-8-6-16(7-9-18)19(22)10-14-21-13-4-5-17(21)15-20-11-2-3-12-20/h6-10,14,17H,2-5,11-13,15H2,1H3/t17-/m0/s1. The van der Waals surface area contributed by atoms with Crippen molar-refractivity contribution in [1.82, 2.24) is 9.80 Å². The first-order valence-corrected chi connectivity index (χ1v) is 10.8. The van der Waals surface area contributed by atoms with Crippen LogP contribution >= 0.6 is 0 Å². The number of hydrogen-bond acceptors (Lipinski definition) is 5. The molecule has 6 heteroatoms. The van der Waals surface area contributed by atoms with Crippen LogP contribution in [-0.4, -0.2) is 62.5 Å². The van der Waals surface area contributed by atoms with Gasteiger partial charge in [0.05, 0.1) is 4.90 Å². The molecule has 2 fully saturated rings. The van der Waals surface area contributed by atoms with Crippen molar-refractivity contribution in [3.8, 4) is 0 Å². The number of hydrogen-bond donors (Lipinski definition) is 0. The predicted molar refractivity (Wildman–Crippen MR) is 98.4 cm³/mol. The summed E-state index contributed by atoms with van der Waals surface area (Å²) in [5.74, 6) is -0.0909. The van der Waals surface area contributed by atoms with Crippen LogP contribution in [0.4, 0.5) is 0 Å². The minimum absolute atomic E-state index is 0.0909. The predicted octanol–water partition coefficient (Wildman–Crippen LogP) is 2.35. The number of allylic oxidation sites excluding steroid dienone is 1. The van der Waals surface area contributed by atoms with Crippen LogP contribution in [0.1, 0.15) is 36.0 Å². The molecule has 0 amide bonds.